The second-order valence-corrected chi connectivity index (χ2v) is 8.33. The van der Waals surface area contributed by atoms with Crippen LogP contribution >= 0.6 is 0 Å². The van der Waals surface area contributed by atoms with E-state index >= 15 is 0 Å². The third kappa shape index (κ3) is 3.58. The van der Waals surface area contributed by atoms with Crippen LogP contribution in [0.4, 0.5) is 5.69 Å². The number of carboxylic acid groups (broad SMARTS) is 1. The molecule has 6 heteroatoms. The van der Waals surface area contributed by atoms with E-state index < -0.39 is 5.97 Å². The van der Waals surface area contributed by atoms with Gasteiger partial charge in [0.25, 0.3) is 0 Å². The summed E-state index contributed by atoms with van der Waals surface area (Å²) in [6.45, 7) is 5.34. The van der Waals surface area contributed by atoms with Gasteiger partial charge in [-0.15, -0.1) is 0 Å². The van der Waals surface area contributed by atoms with Crippen LogP contribution in [-0.2, 0) is 11.3 Å². The first-order valence-electron chi connectivity index (χ1n) is 10.7. The number of para-hydroxylation sites is 1. The minimum atomic E-state index is -0.801. The van der Waals surface area contributed by atoms with Crippen molar-refractivity contribution in [1.29, 1.82) is 0 Å². The molecule has 0 fully saturated rings. The zero-order valence-electron chi connectivity index (χ0n) is 18.1. The van der Waals surface area contributed by atoms with Gasteiger partial charge >= 0.3 is 5.97 Å². The SMILES string of the molecule is Cc1c(CNc2ccc3c(c2)OCC3CC(=O)O)cccc1-n1cnc2cccc(C)c21. The molecule has 32 heavy (non-hydrogen) atoms. The number of aryl methyl sites for hydroxylation is 1. The Bertz CT molecular complexity index is 1330. The lowest BCUT2D eigenvalue weighted by atomic mass is 9.98. The van der Waals surface area contributed by atoms with Crippen molar-refractivity contribution in [1.82, 2.24) is 9.55 Å². The second kappa shape index (κ2) is 8.04. The number of carbonyl (C=O) groups is 1. The van der Waals surface area contributed by atoms with Crippen LogP contribution in [0.5, 0.6) is 5.75 Å². The van der Waals surface area contributed by atoms with E-state index in [9.17, 15) is 4.79 Å². The summed E-state index contributed by atoms with van der Waals surface area (Å²) >= 11 is 0. The first-order valence-corrected chi connectivity index (χ1v) is 10.7. The number of hydrogen-bond acceptors (Lipinski definition) is 4. The lowest BCUT2D eigenvalue weighted by Gasteiger charge is -2.15. The van der Waals surface area contributed by atoms with Crippen LogP contribution in [0.1, 0.15) is 34.6 Å². The Morgan fingerprint density at radius 1 is 1.19 bits per heavy atom. The van der Waals surface area contributed by atoms with Crippen molar-refractivity contribution in [2.45, 2.75) is 32.7 Å². The first kappa shape index (κ1) is 20.1. The molecule has 5 rings (SSSR count). The van der Waals surface area contributed by atoms with Crippen molar-refractivity contribution in [3.8, 4) is 11.4 Å². The maximum Gasteiger partial charge on any atom is 0.304 e. The highest BCUT2D eigenvalue weighted by atomic mass is 16.5. The van der Waals surface area contributed by atoms with Crippen molar-refractivity contribution >= 4 is 22.7 Å². The predicted octanol–water partition coefficient (Wildman–Crippen LogP) is 5.21. The number of benzene rings is 3. The lowest BCUT2D eigenvalue weighted by Crippen LogP contribution is -2.07. The first-order chi connectivity index (χ1) is 15.5. The molecule has 0 spiro atoms. The number of nitrogens with one attached hydrogen (secondary N) is 1. The molecule has 2 N–H and O–H groups in total. The van der Waals surface area contributed by atoms with E-state index in [1.807, 2.05) is 36.7 Å². The van der Waals surface area contributed by atoms with Gasteiger partial charge in [-0.1, -0.05) is 30.3 Å². The van der Waals surface area contributed by atoms with Gasteiger partial charge in [0.2, 0.25) is 0 Å². The number of ether oxygens (including phenoxy) is 1. The predicted molar refractivity (Wildman–Crippen MR) is 125 cm³/mol. The van der Waals surface area contributed by atoms with Crippen LogP contribution in [0.3, 0.4) is 0 Å². The molecule has 3 aromatic carbocycles. The number of carboxylic acids is 1. The summed E-state index contributed by atoms with van der Waals surface area (Å²) < 4.78 is 7.90. The van der Waals surface area contributed by atoms with Crippen molar-refractivity contribution in [2.75, 3.05) is 11.9 Å². The fourth-order valence-corrected chi connectivity index (χ4v) is 4.51. The largest absolute Gasteiger partial charge is 0.493 e. The van der Waals surface area contributed by atoms with Crippen LogP contribution in [0.2, 0.25) is 0 Å². The van der Waals surface area contributed by atoms with Crippen molar-refractivity contribution in [2.24, 2.45) is 0 Å². The van der Waals surface area contributed by atoms with Gasteiger partial charge < -0.3 is 15.2 Å². The molecule has 1 aliphatic rings. The number of hydrogen-bond donors (Lipinski definition) is 2. The van der Waals surface area contributed by atoms with Gasteiger partial charge in [0.05, 0.1) is 29.7 Å². The van der Waals surface area contributed by atoms with Crippen LogP contribution in [-0.4, -0.2) is 27.2 Å². The Morgan fingerprint density at radius 3 is 2.88 bits per heavy atom. The minimum Gasteiger partial charge on any atom is -0.493 e. The van der Waals surface area contributed by atoms with Gasteiger partial charge in [-0.05, 0) is 48.7 Å². The summed E-state index contributed by atoms with van der Waals surface area (Å²) in [5.41, 5.74) is 8.76. The van der Waals surface area contributed by atoms with Crippen molar-refractivity contribution in [3.05, 3.63) is 83.2 Å². The molecule has 1 atom stereocenters. The molecule has 1 aromatic heterocycles. The Kier molecular flexibility index (Phi) is 5.05. The Balaban J connectivity index is 1.38. The van der Waals surface area contributed by atoms with Gasteiger partial charge in [0.1, 0.15) is 12.1 Å². The smallest absolute Gasteiger partial charge is 0.304 e. The van der Waals surface area contributed by atoms with Gasteiger partial charge in [-0.25, -0.2) is 4.98 Å². The molecule has 0 saturated carbocycles. The zero-order valence-corrected chi connectivity index (χ0v) is 18.1. The molecule has 6 nitrogen and oxygen atoms in total. The molecule has 1 aliphatic heterocycles. The molecule has 0 saturated heterocycles. The van der Waals surface area contributed by atoms with Crippen LogP contribution in [0.25, 0.3) is 16.7 Å². The average Bonchev–Trinajstić information content (AvgIpc) is 3.38. The molecular weight excluding hydrogens is 402 g/mol. The van der Waals surface area contributed by atoms with Crippen LogP contribution in [0, 0.1) is 13.8 Å². The van der Waals surface area contributed by atoms with E-state index in [2.05, 4.69) is 53.0 Å². The molecule has 0 bridgehead atoms. The topological polar surface area (TPSA) is 76.4 Å². The molecule has 0 aliphatic carbocycles. The molecule has 1 unspecified atom stereocenters. The number of rotatable bonds is 6. The van der Waals surface area contributed by atoms with Crippen molar-refractivity contribution in [3.63, 3.8) is 0 Å². The van der Waals surface area contributed by atoms with E-state index in [4.69, 9.17) is 9.84 Å². The summed E-state index contributed by atoms with van der Waals surface area (Å²) in [6, 6.07) is 18.4. The summed E-state index contributed by atoms with van der Waals surface area (Å²) in [5.74, 6) is -0.110. The second-order valence-electron chi connectivity index (χ2n) is 8.33. The average molecular weight is 428 g/mol. The highest BCUT2D eigenvalue weighted by molar-refractivity contribution is 5.81. The number of imidazole rings is 1. The molecule has 4 aromatic rings. The normalized spacial score (nSPS) is 14.9. The van der Waals surface area contributed by atoms with E-state index in [-0.39, 0.29) is 12.3 Å². The van der Waals surface area contributed by atoms with E-state index in [0.717, 1.165) is 33.7 Å². The Morgan fingerprint density at radius 2 is 2.03 bits per heavy atom. The van der Waals surface area contributed by atoms with E-state index in [1.54, 1.807) is 0 Å². The van der Waals surface area contributed by atoms with Crippen LogP contribution in [0.15, 0.2) is 60.9 Å². The standard InChI is InChI=1S/C26H25N3O3/c1-16-5-3-7-22-26(16)29(15-28-22)23-8-4-6-18(17(23)2)13-27-20-9-10-21-19(11-25(30)31)14-32-24(21)12-20/h3-10,12,15,19,27H,11,13-14H2,1-2H3,(H,30,31). The molecule has 0 radical (unpaired) electrons. The van der Waals surface area contributed by atoms with Gasteiger partial charge in [-0.2, -0.15) is 0 Å². The third-order valence-electron chi connectivity index (χ3n) is 6.24. The summed E-state index contributed by atoms with van der Waals surface area (Å²) in [6.07, 6.45) is 1.98. The van der Waals surface area contributed by atoms with Gasteiger partial charge in [-0.3, -0.25) is 9.36 Å². The summed E-state index contributed by atoms with van der Waals surface area (Å²) in [7, 11) is 0. The zero-order chi connectivity index (χ0) is 22.2. The monoisotopic (exact) mass is 427 g/mol. The third-order valence-corrected chi connectivity index (χ3v) is 6.24. The quantitative estimate of drug-likeness (QED) is 0.442. The number of aliphatic carboxylic acids is 1. The highest BCUT2D eigenvalue weighted by Gasteiger charge is 2.26. The molecule has 162 valence electrons. The van der Waals surface area contributed by atoms with Crippen molar-refractivity contribution < 1.29 is 14.6 Å². The minimum absolute atomic E-state index is 0.0797. The molecule has 0 amide bonds. The number of aromatic nitrogens is 2. The fourth-order valence-electron chi connectivity index (χ4n) is 4.51. The van der Waals surface area contributed by atoms with Gasteiger partial charge in [0, 0.05) is 29.8 Å². The summed E-state index contributed by atoms with van der Waals surface area (Å²) in [5, 5.41) is 12.6. The molecule has 2 heterocycles. The van der Waals surface area contributed by atoms with E-state index in [0.29, 0.717) is 13.2 Å². The number of anilines is 1. The number of fused-ring (bicyclic) bond motifs is 2. The maximum atomic E-state index is 11.1. The highest BCUT2D eigenvalue weighted by Crippen LogP contribution is 2.37. The summed E-state index contributed by atoms with van der Waals surface area (Å²) in [4.78, 5) is 15.6. The lowest BCUT2D eigenvalue weighted by molar-refractivity contribution is -0.137. The number of nitrogens with zero attached hydrogens (tertiary/aromatic N) is 2. The molecular formula is C26H25N3O3. The fraction of sp³-hybridized carbons (Fsp3) is 0.231. The Hall–Kier alpha value is -3.80. The maximum absolute atomic E-state index is 11.1. The van der Waals surface area contributed by atoms with Gasteiger partial charge in [0.15, 0.2) is 0 Å². The van der Waals surface area contributed by atoms with E-state index in [1.165, 1.54) is 16.7 Å². The van der Waals surface area contributed by atoms with Crippen LogP contribution < -0.4 is 10.1 Å². The Labute approximate surface area is 186 Å².